The Morgan fingerprint density at radius 3 is 2.43 bits per heavy atom. The molecule has 0 spiro atoms. The molecule has 0 saturated carbocycles. The summed E-state index contributed by atoms with van der Waals surface area (Å²) in [5.41, 5.74) is 0.146. The Labute approximate surface area is 120 Å². The number of phenols is 1. The third-order valence-corrected chi connectivity index (χ3v) is 2.82. The van der Waals surface area contributed by atoms with Crippen LogP contribution in [0.5, 0.6) is 11.5 Å². The molecular formula is C16H12F2O3. The van der Waals surface area contributed by atoms with Gasteiger partial charge >= 0.3 is 0 Å². The van der Waals surface area contributed by atoms with Gasteiger partial charge in [-0.2, -0.15) is 0 Å². The van der Waals surface area contributed by atoms with Gasteiger partial charge in [0.05, 0.1) is 12.7 Å². The topological polar surface area (TPSA) is 46.5 Å². The molecule has 0 bridgehead atoms. The molecule has 21 heavy (non-hydrogen) atoms. The largest absolute Gasteiger partial charge is 0.507 e. The number of ether oxygens (including phenoxy) is 1. The van der Waals surface area contributed by atoms with Gasteiger partial charge in [0.2, 0.25) is 0 Å². The molecule has 0 aromatic heterocycles. The molecule has 0 fully saturated rings. The smallest absolute Gasteiger partial charge is 0.192 e. The van der Waals surface area contributed by atoms with E-state index in [1.54, 1.807) is 24.3 Å². The summed E-state index contributed by atoms with van der Waals surface area (Å²) >= 11 is 0. The highest BCUT2D eigenvalue weighted by atomic mass is 19.1. The van der Waals surface area contributed by atoms with Gasteiger partial charge < -0.3 is 9.84 Å². The normalized spacial score (nSPS) is 10.8. The second kappa shape index (κ2) is 6.17. The SMILES string of the molecule is COc1ccc(/C=C/C(=O)c2c(O)cc(F)cc2F)cc1. The van der Waals surface area contributed by atoms with Gasteiger partial charge in [0.25, 0.3) is 0 Å². The summed E-state index contributed by atoms with van der Waals surface area (Å²) in [6, 6.07) is 8.08. The molecule has 2 aromatic rings. The van der Waals surface area contributed by atoms with Gasteiger partial charge in [-0.1, -0.05) is 18.2 Å². The first-order chi connectivity index (χ1) is 10.0. The molecule has 0 aliphatic carbocycles. The number of carbonyl (C=O) groups is 1. The van der Waals surface area contributed by atoms with Gasteiger partial charge in [0, 0.05) is 12.1 Å². The van der Waals surface area contributed by atoms with Crippen LogP contribution in [0.25, 0.3) is 6.08 Å². The maximum absolute atomic E-state index is 13.5. The van der Waals surface area contributed by atoms with Crippen molar-refractivity contribution >= 4 is 11.9 Å². The van der Waals surface area contributed by atoms with E-state index in [1.165, 1.54) is 13.2 Å². The lowest BCUT2D eigenvalue weighted by Crippen LogP contribution is -2.00. The molecule has 0 unspecified atom stereocenters. The maximum atomic E-state index is 13.5. The third-order valence-electron chi connectivity index (χ3n) is 2.82. The number of methoxy groups -OCH3 is 1. The first-order valence-corrected chi connectivity index (χ1v) is 6.05. The summed E-state index contributed by atoms with van der Waals surface area (Å²) in [5, 5.41) is 9.46. The summed E-state index contributed by atoms with van der Waals surface area (Å²) < 4.78 is 31.4. The van der Waals surface area contributed by atoms with E-state index in [0.29, 0.717) is 23.4 Å². The molecule has 0 saturated heterocycles. The Morgan fingerprint density at radius 2 is 1.86 bits per heavy atom. The minimum atomic E-state index is -1.10. The van der Waals surface area contributed by atoms with E-state index in [2.05, 4.69) is 0 Å². The number of carbonyl (C=O) groups excluding carboxylic acids is 1. The van der Waals surface area contributed by atoms with Crippen molar-refractivity contribution in [2.45, 2.75) is 0 Å². The van der Waals surface area contributed by atoms with E-state index in [-0.39, 0.29) is 0 Å². The van der Waals surface area contributed by atoms with E-state index in [4.69, 9.17) is 4.74 Å². The number of benzene rings is 2. The zero-order valence-corrected chi connectivity index (χ0v) is 11.1. The number of ketones is 1. The van der Waals surface area contributed by atoms with Crippen LogP contribution in [0.1, 0.15) is 15.9 Å². The Balaban J connectivity index is 2.23. The highest BCUT2D eigenvalue weighted by Crippen LogP contribution is 2.23. The lowest BCUT2D eigenvalue weighted by atomic mass is 10.1. The molecule has 3 nitrogen and oxygen atoms in total. The average molecular weight is 290 g/mol. The van der Waals surface area contributed by atoms with Crippen LogP contribution in [0.4, 0.5) is 8.78 Å². The number of aromatic hydroxyl groups is 1. The van der Waals surface area contributed by atoms with Crippen LogP contribution >= 0.6 is 0 Å². The first-order valence-electron chi connectivity index (χ1n) is 6.05. The summed E-state index contributed by atoms with van der Waals surface area (Å²) in [7, 11) is 1.54. The summed E-state index contributed by atoms with van der Waals surface area (Å²) in [5.74, 6) is -2.85. The number of hydrogen-bond donors (Lipinski definition) is 1. The number of halogens is 2. The summed E-state index contributed by atoms with van der Waals surface area (Å²) in [4.78, 5) is 11.9. The molecule has 0 radical (unpaired) electrons. The van der Waals surface area contributed by atoms with Gasteiger partial charge in [-0.15, -0.1) is 0 Å². The summed E-state index contributed by atoms with van der Waals surface area (Å²) in [6.45, 7) is 0. The van der Waals surface area contributed by atoms with Crippen molar-refractivity contribution < 1.29 is 23.4 Å². The van der Waals surface area contributed by atoms with Crippen LogP contribution in [0, 0.1) is 11.6 Å². The average Bonchev–Trinajstić information content (AvgIpc) is 2.44. The number of hydrogen-bond acceptors (Lipinski definition) is 3. The predicted molar refractivity (Wildman–Crippen MR) is 74.4 cm³/mol. The zero-order chi connectivity index (χ0) is 15.4. The quantitative estimate of drug-likeness (QED) is 0.691. The second-order valence-electron chi connectivity index (χ2n) is 4.25. The van der Waals surface area contributed by atoms with Crippen molar-refractivity contribution in [1.29, 1.82) is 0 Å². The Hall–Kier alpha value is -2.69. The third kappa shape index (κ3) is 3.45. The monoisotopic (exact) mass is 290 g/mol. The molecule has 0 aliphatic heterocycles. The fourth-order valence-corrected chi connectivity index (χ4v) is 1.77. The second-order valence-corrected chi connectivity index (χ2v) is 4.25. The fraction of sp³-hybridized carbons (Fsp3) is 0.0625. The van der Waals surface area contributed by atoms with Crippen molar-refractivity contribution in [3.8, 4) is 11.5 Å². The van der Waals surface area contributed by atoms with E-state index in [1.807, 2.05) is 0 Å². The molecule has 2 rings (SSSR count). The molecule has 0 atom stereocenters. The van der Waals surface area contributed by atoms with Gasteiger partial charge in [0.1, 0.15) is 23.1 Å². The Kier molecular flexibility index (Phi) is 4.33. The molecular weight excluding hydrogens is 278 g/mol. The lowest BCUT2D eigenvalue weighted by molar-refractivity contribution is 0.104. The van der Waals surface area contributed by atoms with E-state index >= 15 is 0 Å². The lowest BCUT2D eigenvalue weighted by Gasteiger charge is -2.03. The standard InChI is InChI=1S/C16H12F2O3/c1-21-12-5-2-10(3-6-12)4-7-14(19)16-13(18)8-11(17)9-15(16)20/h2-9,20H,1H3/b7-4+. The van der Waals surface area contributed by atoms with Crippen LogP contribution in [0.15, 0.2) is 42.5 Å². The highest BCUT2D eigenvalue weighted by Gasteiger charge is 2.16. The van der Waals surface area contributed by atoms with Crippen molar-refractivity contribution in [2.24, 2.45) is 0 Å². The predicted octanol–water partition coefficient (Wildman–Crippen LogP) is 3.58. The molecule has 0 amide bonds. The molecule has 5 heteroatoms. The van der Waals surface area contributed by atoms with E-state index < -0.39 is 28.7 Å². The van der Waals surface area contributed by atoms with Crippen LogP contribution in [-0.4, -0.2) is 18.0 Å². The Morgan fingerprint density at radius 1 is 1.19 bits per heavy atom. The minimum absolute atomic E-state index is 0.550. The molecule has 0 aliphatic rings. The van der Waals surface area contributed by atoms with Crippen molar-refractivity contribution in [3.63, 3.8) is 0 Å². The van der Waals surface area contributed by atoms with Gasteiger partial charge in [-0.05, 0) is 23.8 Å². The zero-order valence-electron chi connectivity index (χ0n) is 11.1. The van der Waals surface area contributed by atoms with Crippen LogP contribution in [0.3, 0.4) is 0 Å². The van der Waals surface area contributed by atoms with Crippen LogP contribution in [0.2, 0.25) is 0 Å². The van der Waals surface area contributed by atoms with E-state index in [0.717, 1.165) is 6.08 Å². The van der Waals surface area contributed by atoms with Crippen molar-refractivity contribution in [1.82, 2.24) is 0 Å². The number of allylic oxidation sites excluding steroid dienone is 1. The molecule has 108 valence electrons. The number of rotatable bonds is 4. The molecule has 2 aromatic carbocycles. The number of phenolic OH excluding ortho intramolecular Hbond substituents is 1. The van der Waals surface area contributed by atoms with Crippen molar-refractivity contribution in [3.05, 3.63) is 65.2 Å². The maximum Gasteiger partial charge on any atom is 0.192 e. The van der Waals surface area contributed by atoms with Gasteiger partial charge in [-0.25, -0.2) is 8.78 Å². The molecule has 0 heterocycles. The van der Waals surface area contributed by atoms with E-state index in [9.17, 15) is 18.7 Å². The Bertz CT molecular complexity index is 668. The van der Waals surface area contributed by atoms with Crippen LogP contribution in [-0.2, 0) is 0 Å². The fourth-order valence-electron chi connectivity index (χ4n) is 1.77. The van der Waals surface area contributed by atoms with Crippen LogP contribution < -0.4 is 4.74 Å². The van der Waals surface area contributed by atoms with Gasteiger partial charge in [0.15, 0.2) is 5.78 Å². The van der Waals surface area contributed by atoms with Crippen molar-refractivity contribution in [2.75, 3.05) is 7.11 Å². The molecule has 1 N–H and O–H groups in total. The highest BCUT2D eigenvalue weighted by molar-refractivity contribution is 6.08. The minimum Gasteiger partial charge on any atom is -0.507 e. The first kappa shape index (κ1) is 14.7. The van der Waals surface area contributed by atoms with Gasteiger partial charge in [-0.3, -0.25) is 4.79 Å². The summed E-state index contributed by atoms with van der Waals surface area (Å²) in [6.07, 6.45) is 2.57.